The summed E-state index contributed by atoms with van der Waals surface area (Å²) < 4.78 is 0. The average molecular weight is 208 g/mol. The van der Waals surface area contributed by atoms with Crippen LogP contribution in [0.3, 0.4) is 0 Å². The number of carbonyl (C=O) groups is 1. The summed E-state index contributed by atoms with van der Waals surface area (Å²) in [5, 5.41) is 6.27. The van der Waals surface area contributed by atoms with E-state index in [0.29, 0.717) is 6.04 Å². The average Bonchev–Trinajstić information content (AvgIpc) is 2.71. The minimum Gasteiger partial charge on any atom is -0.352 e. The Morgan fingerprint density at radius 1 is 1.53 bits per heavy atom. The van der Waals surface area contributed by atoms with Crippen molar-refractivity contribution in [1.29, 1.82) is 0 Å². The predicted molar refractivity (Wildman–Crippen MR) is 62.6 cm³/mol. The Morgan fingerprint density at radius 2 is 2.40 bits per heavy atom. The second kappa shape index (κ2) is 7.23. The van der Waals surface area contributed by atoms with E-state index < -0.39 is 0 Å². The smallest absolute Gasteiger partial charge is 0.243 e. The summed E-state index contributed by atoms with van der Waals surface area (Å²) in [5.74, 6) is -0.00824. The molecule has 1 amide bonds. The zero-order valence-corrected chi connectivity index (χ0v) is 9.33. The molecule has 2 N–H and O–H groups in total. The molecule has 1 atom stereocenters. The van der Waals surface area contributed by atoms with Crippen LogP contribution in [-0.2, 0) is 4.79 Å². The van der Waals surface area contributed by atoms with Gasteiger partial charge in [0.25, 0.3) is 0 Å². The van der Waals surface area contributed by atoms with Crippen LogP contribution in [0, 0.1) is 0 Å². The molecule has 3 heteroatoms. The third-order valence-electron chi connectivity index (χ3n) is 2.51. The molecule has 0 aromatic heterocycles. The second-order valence-electron chi connectivity index (χ2n) is 3.76. The van der Waals surface area contributed by atoms with Crippen LogP contribution in [0.15, 0.2) is 24.3 Å². The maximum absolute atomic E-state index is 11.2. The van der Waals surface area contributed by atoms with Gasteiger partial charge >= 0.3 is 0 Å². The molecule has 1 aliphatic rings. The zero-order valence-electron chi connectivity index (χ0n) is 9.33. The first-order valence-corrected chi connectivity index (χ1v) is 5.63. The third-order valence-corrected chi connectivity index (χ3v) is 2.51. The summed E-state index contributed by atoms with van der Waals surface area (Å²) in [5.41, 5.74) is 0. The maximum atomic E-state index is 11.2. The standard InChI is InChI=1S/C12H20N2O/c1-2-3-4-7-12(15)14-10-8-11-6-5-9-13-11/h2-4,7,11,13H,5-6,8-10H2,1H3,(H,14,15)/t11-/m1/s1. The molecule has 0 spiro atoms. The van der Waals surface area contributed by atoms with Crippen LogP contribution in [0.4, 0.5) is 0 Å². The number of rotatable bonds is 5. The van der Waals surface area contributed by atoms with Crippen LogP contribution in [0.5, 0.6) is 0 Å². The number of carbonyl (C=O) groups excluding carboxylic acids is 1. The molecule has 15 heavy (non-hydrogen) atoms. The first-order chi connectivity index (χ1) is 7.33. The van der Waals surface area contributed by atoms with Crippen LogP contribution >= 0.6 is 0 Å². The molecule has 1 rings (SSSR count). The Balaban J connectivity index is 2.05. The van der Waals surface area contributed by atoms with Gasteiger partial charge in [0.2, 0.25) is 5.91 Å². The van der Waals surface area contributed by atoms with Crippen molar-refractivity contribution in [3.05, 3.63) is 24.3 Å². The van der Waals surface area contributed by atoms with Crippen LogP contribution in [0.2, 0.25) is 0 Å². The topological polar surface area (TPSA) is 41.1 Å². The third kappa shape index (κ3) is 5.37. The molecule has 1 fully saturated rings. The zero-order chi connectivity index (χ0) is 10.9. The molecule has 0 radical (unpaired) electrons. The molecule has 1 saturated heterocycles. The van der Waals surface area contributed by atoms with Gasteiger partial charge in [-0.15, -0.1) is 0 Å². The summed E-state index contributed by atoms with van der Waals surface area (Å²) in [6.45, 7) is 3.81. The number of nitrogens with one attached hydrogen (secondary N) is 2. The van der Waals surface area contributed by atoms with Gasteiger partial charge in [0, 0.05) is 18.7 Å². The fraction of sp³-hybridized carbons (Fsp3) is 0.583. The van der Waals surface area contributed by atoms with E-state index in [1.54, 1.807) is 12.2 Å². The van der Waals surface area contributed by atoms with E-state index in [0.717, 1.165) is 19.5 Å². The summed E-state index contributed by atoms with van der Waals surface area (Å²) >= 11 is 0. The predicted octanol–water partition coefficient (Wildman–Crippen LogP) is 1.38. The van der Waals surface area contributed by atoms with Crippen LogP contribution < -0.4 is 10.6 Å². The van der Waals surface area contributed by atoms with Gasteiger partial charge in [0.1, 0.15) is 0 Å². The van der Waals surface area contributed by atoms with E-state index in [-0.39, 0.29) is 5.91 Å². The molecular weight excluding hydrogens is 188 g/mol. The van der Waals surface area contributed by atoms with E-state index in [1.807, 2.05) is 19.1 Å². The van der Waals surface area contributed by atoms with Crippen molar-refractivity contribution in [1.82, 2.24) is 10.6 Å². The van der Waals surface area contributed by atoms with Gasteiger partial charge in [0.15, 0.2) is 0 Å². The second-order valence-corrected chi connectivity index (χ2v) is 3.76. The van der Waals surface area contributed by atoms with Gasteiger partial charge in [-0.3, -0.25) is 4.79 Å². The van der Waals surface area contributed by atoms with Crippen molar-refractivity contribution < 1.29 is 4.79 Å². The fourth-order valence-electron chi connectivity index (χ4n) is 1.69. The van der Waals surface area contributed by atoms with Crippen LogP contribution in [0.25, 0.3) is 0 Å². The normalized spacial score (nSPS) is 21.5. The lowest BCUT2D eigenvalue weighted by Gasteiger charge is -2.09. The molecule has 3 nitrogen and oxygen atoms in total. The van der Waals surface area contributed by atoms with Crippen molar-refractivity contribution in [2.75, 3.05) is 13.1 Å². The number of hydrogen-bond acceptors (Lipinski definition) is 2. The molecule has 84 valence electrons. The van der Waals surface area contributed by atoms with Gasteiger partial charge in [0.05, 0.1) is 0 Å². The summed E-state index contributed by atoms with van der Waals surface area (Å²) in [7, 11) is 0. The highest BCUT2D eigenvalue weighted by Crippen LogP contribution is 2.07. The Bertz CT molecular complexity index is 240. The van der Waals surface area contributed by atoms with E-state index in [1.165, 1.54) is 12.8 Å². The summed E-state index contributed by atoms with van der Waals surface area (Å²) in [6, 6.07) is 0.602. The molecule has 0 aromatic carbocycles. The van der Waals surface area contributed by atoms with Crippen molar-refractivity contribution in [2.45, 2.75) is 32.2 Å². The summed E-state index contributed by atoms with van der Waals surface area (Å²) in [4.78, 5) is 11.2. The quantitative estimate of drug-likeness (QED) is 0.529. The number of hydrogen-bond donors (Lipinski definition) is 2. The Hall–Kier alpha value is -1.09. The minimum atomic E-state index is -0.00824. The first kappa shape index (κ1) is 12.0. The molecular formula is C12H20N2O. The Labute approximate surface area is 91.6 Å². The fourth-order valence-corrected chi connectivity index (χ4v) is 1.69. The van der Waals surface area contributed by atoms with Gasteiger partial charge in [-0.1, -0.05) is 18.2 Å². The lowest BCUT2D eigenvalue weighted by Crippen LogP contribution is -2.29. The first-order valence-electron chi connectivity index (χ1n) is 5.63. The van der Waals surface area contributed by atoms with Crippen molar-refractivity contribution >= 4 is 5.91 Å². The highest BCUT2D eigenvalue weighted by molar-refractivity contribution is 5.87. The monoisotopic (exact) mass is 208 g/mol. The van der Waals surface area contributed by atoms with E-state index in [9.17, 15) is 4.79 Å². The van der Waals surface area contributed by atoms with Crippen LogP contribution in [-0.4, -0.2) is 25.0 Å². The van der Waals surface area contributed by atoms with Crippen molar-refractivity contribution in [3.8, 4) is 0 Å². The Morgan fingerprint density at radius 3 is 3.07 bits per heavy atom. The van der Waals surface area contributed by atoms with Gasteiger partial charge in [-0.2, -0.15) is 0 Å². The number of amides is 1. The van der Waals surface area contributed by atoms with Gasteiger partial charge < -0.3 is 10.6 Å². The maximum Gasteiger partial charge on any atom is 0.243 e. The van der Waals surface area contributed by atoms with E-state index in [2.05, 4.69) is 10.6 Å². The van der Waals surface area contributed by atoms with Crippen molar-refractivity contribution in [3.63, 3.8) is 0 Å². The summed E-state index contributed by atoms with van der Waals surface area (Å²) in [6.07, 6.45) is 10.6. The Kier molecular flexibility index (Phi) is 5.78. The van der Waals surface area contributed by atoms with E-state index in [4.69, 9.17) is 0 Å². The lowest BCUT2D eigenvalue weighted by molar-refractivity contribution is -0.116. The molecule has 0 saturated carbocycles. The highest BCUT2D eigenvalue weighted by atomic mass is 16.1. The SMILES string of the molecule is CC=CC=CC(=O)NCC[C@H]1CCCN1. The largest absolute Gasteiger partial charge is 0.352 e. The molecule has 1 heterocycles. The highest BCUT2D eigenvalue weighted by Gasteiger charge is 2.12. The van der Waals surface area contributed by atoms with Crippen LogP contribution in [0.1, 0.15) is 26.2 Å². The lowest BCUT2D eigenvalue weighted by atomic mass is 10.1. The van der Waals surface area contributed by atoms with Crippen molar-refractivity contribution in [2.24, 2.45) is 0 Å². The molecule has 0 unspecified atom stereocenters. The minimum absolute atomic E-state index is 0.00824. The van der Waals surface area contributed by atoms with E-state index >= 15 is 0 Å². The van der Waals surface area contributed by atoms with Gasteiger partial charge in [-0.05, 0) is 32.7 Å². The molecule has 0 bridgehead atoms. The van der Waals surface area contributed by atoms with Gasteiger partial charge in [-0.25, -0.2) is 0 Å². The number of allylic oxidation sites excluding steroid dienone is 3. The molecule has 0 aliphatic carbocycles. The molecule has 0 aromatic rings. The molecule has 1 aliphatic heterocycles.